The predicted octanol–water partition coefficient (Wildman–Crippen LogP) is 5.70. The normalized spacial score (nSPS) is 14.6. The zero-order valence-electron chi connectivity index (χ0n) is 21.0. The summed E-state index contributed by atoms with van der Waals surface area (Å²) in [6.07, 6.45) is 11.7. The number of nitrogens with one attached hydrogen (secondary N) is 2. The van der Waals surface area contributed by atoms with Crippen LogP contribution in [0.5, 0.6) is 0 Å². The van der Waals surface area contributed by atoms with Crippen LogP contribution in [0.4, 0.5) is 5.69 Å². The summed E-state index contributed by atoms with van der Waals surface area (Å²) in [5.41, 5.74) is 4.09. The number of carbonyl (C=O) groups is 1. The molecule has 0 bridgehead atoms. The zero-order chi connectivity index (χ0) is 24.9. The molecule has 1 aliphatic heterocycles. The number of rotatable bonds is 8. The Balaban J connectivity index is 0.000000350. The van der Waals surface area contributed by atoms with E-state index in [-0.39, 0.29) is 6.71 Å². The van der Waals surface area contributed by atoms with Crippen LogP contribution in [-0.4, -0.2) is 40.3 Å². The van der Waals surface area contributed by atoms with Gasteiger partial charge in [0.1, 0.15) is 0 Å². The van der Waals surface area contributed by atoms with E-state index >= 15 is 0 Å². The summed E-state index contributed by atoms with van der Waals surface area (Å²) in [7, 11) is 0. The van der Waals surface area contributed by atoms with Crippen molar-refractivity contribution in [3.05, 3.63) is 34.9 Å². The molecule has 4 rings (SSSR count). The van der Waals surface area contributed by atoms with Gasteiger partial charge in [0.05, 0.1) is 24.3 Å². The first-order valence-corrected chi connectivity index (χ1v) is 13.2. The lowest BCUT2D eigenvalue weighted by atomic mass is 9.50. The van der Waals surface area contributed by atoms with Gasteiger partial charge in [-0.1, -0.05) is 46.8 Å². The summed E-state index contributed by atoms with van der Waals surface area (Å²) in [5, 5.41) is 21.7. The van der Waals surface area contributed by atoms with Gasteiger partial charge in [-0.3, -0.25) is 4.79 Å². The molecule has 1 amide bonds. The Labute approximate surface area is 208 Å². The van der Waals surface area contributed by atoms with Crippen molar-refractivity contribution in [1.82, 2.24) is 19.9 Å². The lowest BCUT2D eigenvalue weighted by molar-refractivity contribution is -0.110. The quantitative estimate of drug-likeness (QED) is 0.318. The molecule has 3 aromatic rings. The lowest BCUT2D eigenvalue weighted by Crippen LogP contribution is -2.25. The number of fused-ring (bicyclic) bond motifs is 1. The molecule has 0 saturated carbocycles. The van der Waals surface area contributed by atoms with Crippen LogP contribution in [0.15, 0.2) is 30.0 Å². The highest BCUT2D eigenvalue weighted by atomic mass is 32.1. The Hall–Kier alpha value is -2.86. The topological polar surface area (TPSA) is 95.1 Å². The third-order valence-electron chi connectivity index (χ3n) is 6.01. The van der Waals surface area contributed by atoms with Crippen LogP contribution in [0, 0.1) is 24.1 Å². The molecular formula is C25H37BN6OS. The van der Waals surface area contributed by atoms with Crippen LogP contribution < -0.4 is 10.6 Å². The molecule has 182 valence electrons. The fraction of sp³-hybridized carbons (Fsp3) is 0.520. The maximum absolute atomic E-state index is 9.82. The number of aryl methyl sites for hydroxylation is 1. The van der Waals surface area contributed by atoms with E-state index in [0.29, 0.717) is 12.0 Å². The minimum atomic E-state index is 0.236. The monoisotopic (exact) mass is 480 g/mol. The minimum Gasteiger partial charge on any atom is -0.382 e. The number of thiophene rings is 1. The Morgan fingerprint density at radius 1 is 1.35 bits per heavy atom. The molecule has 0 aromatic carbocycles. The highest BCUT2D eigenvalue weighted by Gasteiger charge is 2.27. The van der Waals surface area contributed by atoms with Gasteiger partial charge in [0.25, 0.3) is 6.71 Å². The van der Waals surface area contributed by atoms with Crippen LogP contribution in [-0.2, 0) is 4.79 Å². The van der Waals surface area contributed by atoms with Gasteiger partial charge in [-0.05, 0) is 42.7 Å². The SMILES string of the molecule is CC.CCC(CC)NC=O.Cc1cc(-c2cnn3cc(NCC4CCB(C#N)C4)cnc23)cs1. The molecule has 3 aromatic heterocycles. The van der Waals surface area contributed by atoms with E-state index < -0.39 is 0 Å². The van der Waals surface area contributed by atoms with Crippen LogP contribution in [0.25, 0.3) is 16.8 Å². The second-order valence-corrected chi connectivity index (χ2v) is 9.41. The van der Waals surface area contributed by atoms with Crippen molar-refractivity contribution in [2.45, 2.75) is 72.6 Å². The molecule has 1 atom stereocenters. The number of carbonyl (C=O) groups excluding carboxylic acids is 1. The largest absolute Gasteiger partial charge is 0.382 e. The van der Waals surface area contributed by atoms with Crippen molar-refractivity contribution in [2.75, 3.05) is 11.9 Å². The van der Waals surface area contributed by atoms with Gasteiger partial charge in [-0.2, -0.15) is 5.10 Å². The molecule has 1 saturated heterocycles. The van der Waals surface area contributed by atoms with Gasteiger partial charge in [0, 0.05) is 29.0 Å². The molecule has 4 heterocycles. The van der Waals surface area contributed by atoms with Crippen molar-refractivity contribution in [1.29, 1.82) is 5.26 Å². The van der Waals surface area contributed by atoms with Crippen molar-refractivity contribution < 1.29 is 4.79 Å². The highest BCUT2D eigenvalue weighted by Crippen LogP contribution is 2.29. The summed E-state index contributed by atoms with van der Waals surface area (Å²) in [5.74, 6) is 2.96. The first kappa shape index (κ1) is 27.4. The first-order chi connectivity index (χ1) is 16.6. The van der Waals surface area contributed by atoms with E-state index in [4.69, 9.17) is 5.26 Å². The number of nitriles is 1. The summed E-state index contributed by atoms with van der Waals surface area (Å²) in [4.78, 5) is 15.7. The number of anilines is 1. The number of nitrogens with zero attached hydrogens (tertiary/aromatic N) is 4. The van der Waals surface area contributed by atoms with Crippen LogP contribution in [0.2, 0.25) is 12.6 Å². The molecule has 0 radical (unpaired) electrons. The van der Waals surface area contributed by atoms with Gasteiger partial charge in [-0.15, -0.1) is 11.3 Å². The predicted molar refractivity (Wildman–Crippen MR) is 144 cm³/mol. The highest BCUT2D eigenvalue weighted by molar-refractivity contribution is 7.10. The number of hydrogen-bond donors (Lipinski definition) is 2. The first-order valence-electron chi connectivity index (χ1n) is 12.3. The Bertz CT molecular complexity index is 1060. The second kappa shape index (κ2) is 14.4. The number of amides is 1. The van der Waals surface area contributed by atoms with Crippen LogP contribution >= 0.6 is 11.3 Å². The molecule has 2 N–H and O–H groups in total. The third kappa shape index (κ3) is 7.59. The Kier molecular flexibility index (Phi) is 11.6. The number of hydrogen-bond acceptors (Lipinski definition) is 6. The molecule has 1 unspecified atom stereocenters. The average Bonchev–Trinajstić information content (AvgIpc) is 3.62. The van der Waals surface area contributed by atoms with Crippen LogP contribution in [0.3, 0.4) is 0 Å². The lowest BCUT2D eigenvalue weighted by Gasteiger charge is -2.11. The molecule has 0 aliphatic carbocycles. The molecule has 9 heteroatoms. The van der Waals surface area contributed by atoms with Gasteiger partial charge in [0.15, 0.2) is 5.65 Å². The molecular weight excluding hydrogens is 443 g/mol. The van der Waals surface area contributed by atoms with E-state index in [1.54, 1.807) is 11.3 Å². The molecule has 0 spiro atoms. The van der Waals surface area contributed by atoms with Crippen molar-refractivity contribution in [3.8, 4) is 17.1 Å². The van der Waals surface area contributed by atoms with Gasteiger partial charge in [-0.25, -0.2) is 14.8 Å². The average molecular weight is 480 g/mol. The van der Waals surface area contributed by atoms with Crippen LogP contribution in [0.1, 0.15) is 51.8 Å². The maximum Gasteiger partial charge on any atom is 0.268 e. The van der Waals surface area contributed by atoms with Gasteiger partial charge in [0.2, 0.25) is 6.41 Å². The fourth-order valence-corrected chi connectivity index (χ4v) is 4.72. The summed E-state index contributed by atoms with van der Waals surface area (Å²) in [6.45, 7) is 11.4. The summed E-state index contributed by atoms with van der Waals surface area (Å²) in [6, 6.07) is 2.55. The molecule has 7 nitrogen and oxygen atoms in total. The molecule has 1 fully saturated rings. The standard InChI is InChI=1S/C17H18BN5S.C6H13NO.C2H6/c1-12-4-14(10-24-12)16-8-22-23-9-15(7-21-17(16)23)20-6-13-2-3-18(5-13)11-19;1-3-6(4-2)7-5-8;1-2/h4,7-10,13,20H,2-3,5-6H2,1H3;5-6H,3-4H2,1-2H3,(H,7,8);1-2H3. The minimum absolute atomic E-state index is 0.236. The van der Waals surface area contributed by atoms with E-state index in [0.717, 1.165) is 61.8 Å². The third-order valence-corrected chi connectivity index (χ3v) is 6.87. The maximum atomic E-state index is 9.82. The molecule has 1 aliphatic rings. The smallest absolute Gasteiger partial charge is 0.268 e. The Morgan fingerprint density at radius 2 is 2.12 bits per heavy atom. The fourth-order valence-electron chi connectivity index (χ4n) is 4.01. The van der Waals surface area contributed by atoms with Gasteiger partial charge < -0.3 is 10.6 Å². The van der Waals surface area contributed by atoms with Crippen molar-refractivity contribution in [3.63, 3.8) is 0 Å². The molecule has 34 heavy (non-hydrogen) atoms. The van der Waals surface area contributed by atoms with Crippen molar-refractivity contribution >= 4 is 35.8 Å². The Morgan fingerprint density at radius 3 is 2.68 bits per heavy atom. The number of aromatic nitrogens is 3. The van der Waals surface area contributed by atoms with E-state index in [1.807, 2.05) is 37.0 Å². The second-order valence-electron chi connectivity index (χ2n) is 8.30. The van der Waals surface area contributed by atoms with E-state index in [9.17, 15) is 4.79 Å². The van der Waals surface area contributed by atoms with Gasteiger partial charge >= 0.3 is 0 Å². The van der Waals surface area contributed by atoms with E-state index in [1.165, 1.54) is 10.4 Å². The van der Waals surface area contributed by atoms with Crippen molar-refractivity contribution in [2.24, 2.45) is 5.92 Å². The summed E-state index contributed by atoms with van der Waals surface area (Å²) < 4.78 is 1.83. The van der Waals surface area contributed by atoms with E-state index in [2.05, 4.69) is 58.9 Å². The zero-order valence-corrected chi connectivity index (χ0v) is 21.9. The summed E-state index contributed by atoms with van der Waals surface area (Å²) >= 11 is 1.74.